The Morgan fingerprint density at radius 1 is 1.44 bits per heavy atom. The lowest BCUT2D eigenvalue weighted by Crippen LogP contribution is -2.39. The van der Waals surface area contributed by atoms with Crippen LogP contribution in [0.25, 0.3) is 0 Å². The second kappa shape index (κ2) is 4.64. The van der Waals surface area contributed by atoms with E-state index >= 15 is 0 Å². The standard InChI is InChI=1S/C11H18N2O4S/c1-7-11(8(2)17-12-7)18(15,16)13(3)6-9-4-10(14)5-9/h9-10,14H,4-6H2,1-3H3. The number of nitrogens with zero attached hydrogens (tertiary/aromatic N) is 2. The molecule has 0 amide bonds. The van der Waals surface area contributed by atoms with Gasteiger partial charge < -0.3 is 9.63 Å². The van der Waals surface area contributed by atoms with Crippen LogP contribution in [0.4, 0.5) is 0 Å². The number of aromatic nitrogens is 1. The van der Waals surface area contributed by atoms with Gasteiger partial charge in [0.15, 0.2) is 5.76 Å². The summed E-state index contributed by atoms with van der Waals surface area (Å²) in [5, 5.41) is 12.9. The van der Waals surface area contributed by atoms with E-state index in [9.17, 15) is 13.5 Å². The van der Waals surface area contributed by atoms with Gasteiger partial charge in [0, 0.05) is 13.6 Å². The molecule has 0 saturated heterocycles. The van der Waals surface area contributed by atoms with Crippen molar-refractivity contribution in [1.29, 1.82) is 0 Å². The summed E-state index contributed by atoms with van der Waals surface area (Å²) in [7, 11) is -2.00. The zero-order valence-electron chi connectivity index (χ0n) is 10.8. The molecule has 1 fully saturated rings. The highest BCUT2D eigenvalue weighted by Gasteiger charge is 2.34. The first-order chi connectivity index (χ1) is 8.32. The summed E-state index contributed by atoms with van der Waals surface area (Å²) in [4.78, 5) is 0.157. The third kappa shape index (κ3) is 2.30. The maximum atomic E-state index is 12.4. The van der Waals surface area contributed by atoms with Gasteiger partial charge in [0.25, 0.3) is 0 Å². The maximum Gasteiger partial charge on any atom is 0.248 e. The van der Waals surface area contributed by atoms with E-state index in [0.717, 1.165) is 0 Å². The number of rotatable bonds is 4. The van der Waals surface area contributed by atoms with Crippen LogP contribution >= 0.6 is 0 Å². The fourth-order valence-electron chi connectivity index (χ4n) is 2.31. The minimum atomic E-state index is -3.55. The van der Waals surface area contributed by atoms with Crippen molar-refractivity contribution in [2.45, 2.75) is 37.7 Å². The van der Waals surface area contributed by atoms with Gasteiger partial charge in [-0.1, -0.05) is 5.16 Å². The molecule has 1 N–H and O–H groups in total. The molecular formula is C11H18N2O4S. The third-order valence-electron chi connectivity index (χ3n) is 3.36. The lowest BCUT2D eigenvalue weighted by molar-refractivity contribution is 0.0367. The van der Waals surface area contributed by atoms with Gasteiger partial charge in [0.05, 0.1) is 6.10 Å². The molecule has 1 aliphatic carbocycles. The fraction of sp³-hybridized carbons (Fsp3) is 0.727. The Kier molecular flexibility index (Phi) is 3.48. The van der Waals surface area contributed by atoms with Crippen LogP contribution in [0.2, 0.25) is 0 Å². The average Bonchev–Trinajstić information content (AvgIpc) is 2.56. The molecule has 0 radical (unpaired) electrons. The zero-order valence-corrected chi connectivity index (χ0v) is 11.6. The molecule has 1 aromatic heterocycles. The number of hydrogen-bond acceptors (Lipinski definition) is 5. The van der Waals surface area contributed by atoms with E-state index in [1.54, 1.807) is 20.9 Å². The quantitative estimate of drug-likeness (QED) is 0.873. The second-order valence-corrected chi connectivity index (χ2v) is 6.91. The van der Waals surface area contributed by atoms with E-state index in [1.807, 2.05) is 0 Å². The first kappa shape index (κ1) is 13.5. The molecule has 1 aromatic rings. The Bertz CT molecular complexity index is 512. The van der Waals surface area contributed by atoms with Crippen LogP contribution in [0.5, 0.6) is 0 Å². The van der Waals surface area contributed by atoms with Crippen LogP contribution in [0, 0.1) is 19.8 Å². The Hall–Kier alpha value is -0.920. The molecule has 2 rings (SSSR count). The van der Waals surface area contributed by atoms with Crippen molar-refractivity contribution in [3.05, 3.63) is 11.5 Å². The van der Waals surface area contributed by atoms with Crippen LogP contribution in [-0.4, -0.2) is 42.7 Å². The third-order valence-corrected chi connectivity index (χ3v) is 5.43. The molecule has 6 nitrogen and oxygen atoms in total. The molecule has 0 aromatic carbocycles. The Morgan fingerprint density at radius 2 is 2.06 bits per heavy atom. The summed E-state index contributed by atoms with van der Waals surface area (Å²) >= 11 is 0. The molecule has 0 spiro atoms. The van der Waals surface area contributed by atoms with Crippen LogP contribution in [0.15, 0.2) is 9.42 Å². The normalized spacial score (nSPS) is 24.3. The summed E-state index contributed by atoms with van der Waals surface area (Å²) < 4.78 is 30.9. The van der Waals surface area contributed by atoms with Crippen LogP contribution in [0.1, 0.15) is 24.3 Å². The predicted octanol–water partition coefficient (Wildman–Crippen LogP) is 0.683. The lowest BCUT2D eigenvalue weighted by Gasteiger charge is -2.33. The molecule has 1 aliphatic rings. The van der Waals surface area contributed by atoms with Gasteiger partial charge in [-0.25, -0.2) is 12.7 Å². The van der Waals surface area contributed by atoms with Gasteiger partial charge in [-0.3, -0.25) is 0 Å². The number of aryl methyl sites for hydroxylation is 2. The number of hydrogen-bond donors (Lipinski definition) is 1. The maximum absolute atomic E-state index is 12.4. The average molecular weight is 274 g/mol. The van der Waals surface area contributed by atoms with E-state index in [1.165, 1.54) is 4.31 Å². The van der Waals surface area contributed by atoms with Crippen molar-refractivity contribution in [3.63, 3.8) is 0 Å². The molecule has 1 heterocycles. The second-order valence-electron chi connectivity index (χ2n) is 4.93. The summed E-state index contributed by atoms with van der Waals surface area (Å²) in [6.07, 6.45) is 1.06. The highest BCUT2D eigenvalue weighted by molar-refractivity contribution is 7.89. The topological polar surface area (TPSA) is 83.6 Å². The van der Waals surface area contributed by atoms with Crippen molar-refractivity contribution in [3.8, 4) is 0 Å². The monoisotopic (exact) mass is 274 g/mol. The molecule has 18 heavy (non-hydrogen) atoms. The first-order valence-corrected chi connectivity index (χ1v) is 7.33. The molecule has 0 aliphatic heterocycles. The van der Waals surface area contributed by atoms with Crippen molar-refractivity contribution >= 4 is 10.0 Å². The molecule has 0 atom stereocenters. The molecule has 1 saturated carbocycles. The van der Waals surface area contributed by atoms with Gasteiger partial charge in [-0.05, 0) is 32.6 Å². The van der Waals surface area contributed by atoms with Gasteiger partial charge in [0.2, 0.25) is 10.0 Å². The SMILES string of the molecule is Cc1noc(C)c1S(=O)(=O)N(C)CC1CC(O)C1. The molecule has 7 heteroatoms. The van der Waals surface area contributed by atoms with E-state index in [-0.39, 0.29) is 16.9 Å². The minimum Gasteiger partial charge on any atom is -0.393 e. The van der Waals surface area contributed by atoms with Crippen molar-refractivity contribution in [2.75, 3.05) is 13.6 Å². The smallest absolute Gasteiger partial charge is 0.248 e. The van der Waals surface area contributed by atoms with Crippen LogP contribution in [-0.2, 0) is 10.0 Å². The van der Waals surface area contributed by atoms with Crippen LogP contribution < -0.4 is 0 Å². The van der Waals surface area contributed by atoms with Gasteiger partial charge >= 0.3 is 0 Å². The molecule has 0 unspecified atom stereocenters. The predicted molar refractivity (Wildman–Crippen MR) is 64.5 cm³/mol. The number of aliphatic hydroxyl groups is 1. The van der Waals surface area contributed by atoms with E-state index < -0.39 is 10.0 Å². The van der Waals surface area contributed by atoms with Gasteiger partial charge in [-0.2, -0.15) is 0 Å². The zero-order chi connectivity index (χ0) is 13.5. The Labute approximate surface area is 107 Å². The summed E-state index contributed by atoms with van der Waals surface area (Å²) in [5.41, 5.74) is 0.382. The summed E-state index contributed by atoms with van der Waals surface area (Å²) in [6.45, 7) is 3.63. The molecular weight excluding hydrogens is 256 g/mol. The highest BCUT2D eigenvalue weighted by atomic mass is 32.2. The number of aliphatic hydroxyl groups excluding tert-OH is 1. The summed E-state index contributed by atoms with van der Waals surface area (Å²) in [6, 6.07) is 0. The van der Waals surface area contributed by atoms with Crippen molar-refractivity contribution < 1.29 is 18.0 Å². The minimum absolute atomic E-state index is 0.157. The van der Waals surface area contributed by atoms with Gasteiger partial charge in [-0.15, -0.1) is 0 Å². The van der Waals surface area contributed by atoms with E-state index in [4.69, 9.17) is 4.52 Å². The molecule has 0 bridgehead atoms. The van der Waals surface area contributed by atoms with Crippen molar-refractivity contribution in [2.24, 2.45) is 5.92 Å². The van der Waals surface area contributed by atoms with Crippen LogP contribution in [0.3, 0.4) is 0 Å². The Morgan fingerprint density at radius 3 is 2.50 bits per heavy atom. The highest BCUT2D eigenvalue weighted by Crippen LogP contribution is 2.30. The Balaban J connectivity index is 2.16. The van der Waals surface area contributed by atoms with E-state index in [0.29, 0.717) is 30.8 Å². The van der Waals surface area contributed by atoms with Crippen molar-refractivity contribution in [1.82, 2.24) is 9.46 Å². The number of sulfonamides is 1. The largest absolute Gasteiger partial charge is 0.393 e. The lowest BCUT2D eigenvalue weighted by atomic mass is 9.82. The first-order valence-electron chi connectivity index (χ1n) is 5.89. The van der Waals surface area contributed by atoms with E-state index in [2.05, 4.69) is 5.16 Å². The fourth-order valence-corrected chi connectivity index (χ4v) is 3.84. The van der Waals surface area contributed by atoms with Gasteiger partial charge in [0.1, 0.15) is 10.6 Å². The summed E-state index contributed by atoms with van der Waals surface area (Å²) in [5.74, 6) is 0.549. The molecule has 102 valence electrons.